The fourth-order valence-corrected chi connectivity index (χ4v) is 2.91. The van der Waals surface area contributed by atoms with Gasteiger partial charge in [0.05, 0.1) is 5.69 Å². The number of hydrogen-bond donors (Lipinski definition) is 1. The Labute approximate surface area is 139 Å². The van der Waals surface area contributed by atoms with Gasteiger partial charge in [-0.3, -0.25) is 0 Å². The zero-order valence-corrected chi connectivity index (χ0v) is 14.1. The van der Waals surface area contributed by atoms with E-state index in [1.54, 1.807) is 0 Å². The first-order valence-electron chi connectivity index (χ1n) is 8.69. The van der Waals surface area contributed by atoms with Gasteiger partial charge in [-0.05, 0) is 25.2 Å². The number of anilines is 2. The van der Waals surface area contributed by atoms with Crippen LogP contribution in [0.5, 0.6) is 0 Å². The Morgan fingerprint density at radius 3 is 2.57 bits per heavy atom. The lowest BCUT2D eigenvalue weighted by Gasteiger charge is -2.31. The summed E-state index contributed by atoms with van der Waals surface area (Å²) in [7, 11) is 0. The van der Waals surface area contributed by atoms with Gasteiger partial charge in [0, 0.05) is 31.3 Å². The van der Waals surface area contributed by atoms with Crippen molar-refractivity contribution >= 4 is 11.8 Å². The van der Waals surface area contributed by atoms with E-state index in [4.69, 9.17) is 9.97 Å². The van der Waals surface area contributed by atoms with Gasteiger partial charge in [-0.15, -0.1) is 0 Å². The number of nitrogens with zero attached hydrogens (tertiary/aromatic N) is 3. The van der Waals surface area contributed by atoms with Crippen molar-refractivity contribution in [2.75, 3.05) is 29.9 Å². The average molecular weight is 310 g/mol. The lowest BCUT2D eigenvalue weighted by molar-refractivity contribution is 0.436. The summed E-state index contributed by atoms with van der Waals surface area (Å²) in [6, 6.07) is 12.5. The van der Waals surface area contributed by atoms with Gasteiger partial charge in [-0.25, -0.2) is 4.98 Å². The predicted molar refractivity (Wildman–Crippen MR) is 96.9 cm³/mol. The zero-order valence-electron chi connectivity index (χ0n) is 14.1. The van der Waals surface area contributed by atoms with Crippen molar-refractivity contribution < 1.29 is 0 Å². The maximum absolute atomic E-state index is 4.75. The van der Waals surface area contributed by atoms with Crippen molar-refractivity contribution in [3.8, 4) is 11.3 Å². The van der Waals surface area contributed by atoms with Crippen LogP contribution in [-0.2, 0) is 0 Å². The van der Waals surface area contributed by atoms with Gasteiger partial charge in [0.2, 0.25) is 5.95 Å². The molecular formula is C19H26N4. The molecule has 1 fully saturated rings. The van der Waals surface area contributed by atoms with E-state index in [-0.39, 0.29) is 0 Å². The number of aromatic nitrogens is 2. The number of benzene rings is 1. The largest absolute Gasteiger partial charge is 0.356 e. The fourth-order valence-electron chi connectivity index (χ4n) is 2.91. The molecule has 1 aromatic heterocycles. The van der Waals surface area contributed by atoms with Crippen LogP contribution in [0.1, 0.15) is 33.1 Å². The van der Waals surface area contributed by atoms with Crippen LogP contribution in [-0.4, -0.2) is 29.6 Å². The van der Waals surface area contributed by atoms with Crippen LogP contribution >= 0.6 is 0 Å². The fraction of sp³-hybridized carbons (Fsp3) is 0.474. The molecule has 0 unspecified atom stereocenters. The van der Waals surface area contributed by atoms with E-state index in [2.05, 4.69) is 54.4 Å². The first kappa shape index (κ1) is 15.8. The first-order chi connectivity index (χ1) is 11.3. The molecule has 0 radical (unpaired) electrons. The minimum Gasteiger partial charge on any atom is -0.356 e. The van der Waals surface area contributed by atoms with Gasteiger partial charge in [0.15, 0.2) is 0 Å². The molecule has 0 spiro atoms. The summed E-state index contributed by atoms with van der Waals surface area (Å²) >= 11 is 0. The van der Waals surface area contributed by atoms with Crippen molar-refractivity contribution in [2.45, 2.75) is 33.1 Å². The van der Waals surface area contributed by atoms with Crippen LogP contribution in [0, 0.1) is 5.92 Å². The highest BCUT2D eigenvalue weighted by Gasteiger charge is 2.18. The van der Waals surface area contributed by atoms with Crippen molar-refractivity contribution in [1.29, 1.82) is 0 Å². The Kier molecular flexibility index (Phi) is 5.11. The second-order valence-electron chi connectivity index (χ2n) is 6.40. The lowest BCUT2D eigenvalue weighted by atomic mass is 9.99. The summed E-state index contributed by atoms with van der Waals surface area (Å²) in [5.41, 5.74) is 2.13. The molecule has 0 bridgehead atoms. The molecular weight excluding hydrogens is 284 g/mol. The molecule has 23 heavy (non-hydrogen) atoms. The third-order valence-corrected chi connectivity index (χ3v) is 4.42. The van der Waals surface area contributed by atoms with Crippen molar-refractivity contribution in [3.05, 3.63) is 36.4 Å². The van der Waals surface area contributed by atoms with Gasteiger partial charge in [0.1, 0.15) is 5.82 Å². The smallest absolute Gasteiger partial charge is 0.225 e. The van der Waals surface area contributed by atoms with Crippen LogP contribution < -0.4 is 10.2 Å². The van der Waals surface area contributed by atoms with Gasteiger partial charge >= 0.3 is 0 Å². The van der Waals surface area contributed by atoms with Crippen LogP contribution in [0.2, 0.25) is 0 Å². The number of rotatable bonds is 5. The second-order valence-corrected chi connectivity index (χ2v) is 6.40. The van der Waals surface area contributed by atoms with Gasteiger partial charge in [-0.2, -0.15) is 4.98 Å². The summed E-state index contributed by atoms with van der Waals surface area (Å²) in [6.07, 6.45) is 3.54. The molecule has 1 N–H and O–H groups in total. The highest BCUT2D eigenvalue weighted by Crippen LogP contribution is 2.26. The lowest BCUT2D eigenvalue weighted by Crippen LogP contribution is -2.33. The second kappa shape index (κ2) is 7.44. The summed E-state index contributed by atoms with van der Waals surface area (Å²) in [4.78, 5) is 11.8. The quantitative estimate of drug-likeness (QED) is 0.898. The maximum atomic E-state index is 4.75. The molecule has 1 aromatic carbocycles. The normalized spacial score (nSPS) is 15.7. The van der Waals surface area contributed by atoms with Crippen LogP contribution in [0.3, 0.4) is 0 Å². The van der Waals surface area contributed by atoms with Gasteiger partial charge in [-0.1, -0.05) is 44.2 Å². The number of piperidine rings is 1. The molecule has 1 aliphatic heterocycles. The minimum atomic E-state index is 0.738. The Morgan fingerprint density at radius 2 is 1.87 bits per heavy atom. The van der Waals surface area contributed by atoms with Crippen LogP contribution in [0.25, 0.3) is 11.3 Å². The van der Waals surface area contributed by atoms with E-state index in [1.807, 2.05) is 6.07 Å². The standard InChI is InChI=1S/C19H26N4/c1-3-11-20-19-21-17(16-7-5-4-6-8-16)14-18(22-19)23-12-9-15(2)10-13-23/h4-8,14-15H,3,9-13H2,1-2H3,(H,20,21,22). The molecule has 4 heteroatoms. The molecule has 0 amide bonds. The van der Waals surface area contributed by atoms with Crippen molar-refractivity contribution in [3.63, 3.8) is 0 Å². The Morgan fingerprint density at radius 1 is 1.13 bits per heavy atom. The molecule has 1 saturated heterocycles. The van der Waals surface area contributed by atoms with Crippen molar-refractivity contribution in [1.82, 2.24) is 9.97 Å². The highest BCUT2D eigenvalue weighted by atomic mass is 15.2. The molecule has 2 heterocycles. The Bertz CT molecular complexity index is 619. The molecule has 0 atom stereocenters. The summed E-state index contributed by atoms with van der Waals surface area (Å²) in [5.74, 6) is 2.60. The molecule has 0 saturated carbocycles. The topological polar surface area (TPSA) is 41.1 Å². The van der Waals surface area contributed by atoms with E-state index < -0.39 is 0 Å². The van der Waals surface area contributed by atoms with E-state index in [0.717, 1.165) is 55.0 Å². The highest BCUT2D eigenvalue weighted by molar-refractivity contribution is 5.64. The first-order valence-corrected chi connectivity index (χ1v) is 8.69. The average Bonchev–Trinajstić information content (AvgIpc) is 2.61. The molecule has 4 nitrogen and oxygen atoms in total. The SMILES string of the molecule is CCCNc1nc(-c2ccccc2)cc(N2CCC(C)CC2)n1. The summed E-state index contributed by atoms with van der Waals surface area (Å²) in [6.45, 7) is 7.55. The molecule has 1 aliphatic rings. The Balaban J connectivity index is 1.91. The third kappa shape index (κ3) is 4.01. The van der Waals surface area contributed by atoms with Crippen molar-refractivity contribution in [2.24, 2.45) is 5.92 Å². The summed E-state index contributed by atoms with van der Waals surface area (Å²) in [5, 5.41) is 3.34. The monoisotopic (exact) mass is 310 g/mol. The van der Waals surface area contributed by atoms with E-state index in [0.29, 0.717) is 0 Å². The molecule has 0 aliphatic carbocycles. The minimum absolute atomic E-state index is 0.738. The zero-order chi connectivity index (χ0) is 16.1. The predicted octanol–water partition coefficient (Wildman–Crippen LogP) is 4.20. The van der Waals surface area contributed by atoms with E-state index >= 15 is 0 Å². The van der Waals surface area contributed by atoms with Crippen LogP contribution in [0.15, 0.2) is 36.4 Å². The number of nitrogens with one attached hydrogen (secondary N) is 1. The Hall–Kier alpha value is -2.10. The van der Waals surface area contributed by atoms with E-state index in [1.165, 1.54) is 12.8 Å². The van der Waals surface area contributed by atoms with Crippen LogP contribution in [0.4, 0.5) is 11.8 Å². The summed E-state index contributed by atoms with van der Waals surface area (Å²) < 4.78 is 0. The molecule has 2 aromatic rings. The molecule has 3 rings (SSSR count). The number of hydrogen-bond acceptors (Lipinski definition) is 4. The third-order valence-electron chi connectivity index (χ3n) is 4.42. The van der Waals surface area contributed by atoms with Gasteiger partial charge in [0.25, 0.3) is 0 Å². The molecule has 122 valence electrons. The van der Waals surface area contributed by atoms with Gasteiger partial charge < -0.3 is 10.2 Å². The van der Waals surface area contributed by atoms with E-state index in [9.17, 15) is 0 Å². The maximum Gasteiger partial charge on any atom is 0.225 e.